The Labute approximate surface area is 202 Å². The third-order valence-corrected chi connectivity index (χ3v) is 6.96. The van der Waals surface area contributed by atoms with Crippen LogP contribution in [0.25, 0.3) is 0 Å². The first kappa shape index (κ1) is 22.9. The second-order valence-electron chi connectivity index (χ2n) is 8.88. The SMILES string of the molecule is C=CCN1C(=O)C2(C(C(=O)OC)=C(N)Oc3cc(C)n(CC4CCCO4)c(=O)c32)c2ccccc21. The molecule has 0 radical (unpaired) electrons. The van der Waals surface area contributed by atoms with E-state index in [1.165, 1.54) is 12.0 Å². The topological polar surface area (TPSA) is 113 Å². The normalized spacial score (nSPS) is 22.7. The number of fused-ring (bicyclic) bond motifs is 4. The number of aryl methyl sites for hydroxylation is 1. The molecule has 35 heavy (non-hydrogen) atoms. The number of ether oxygens (including phenoxy) is 3. The van der Waals surface area contributed by atoms with Crippen molar-refractivity contribution in [3.8, 4) is 5.75 Å². The van der Waals surface area contributed by atoms with Gasteiger partial charge in [0.1, 0.15) is 16.7 Å². The van der Waals surface area contributed by atoms with Crippen molar-refractivity contribution in [1.29, 1.82) is 0 Å². The molecule has 1 fully saturated rings. The van der Waals surface area contributed by atoms with E-state index in [0.717, 1.165) is 12.8 Å². The van der Waals surface area contributed by atoms with Crippen molar-refractivity contribution in [2.45, 2.75) is 37.8 Å². The Morgan fingerprint density at radius 1 is 1.34 bits per heavy atom. The molecule has 182 valence electrons. The Morgan fingerprint density at radius 3 is 2.80 bits per heavy atom. The van der Waals surface area contributed by atoms with Gasteiger partial charge in [0.05, 0.1) is 25.3 Å². The molecule has 9 heteroatoms. The van der Waals surface area contributed by atoms with Gasteiger partial charge >= 0.3 is 5.97 Å². The van der Waals surface area contributed by atoms with Crippen molar-refractivity contribution in [2.75, 3.05) is 25.2 Å². The number of carbonyl (C=O) groups is 2. The molecule has 1 saturated heterocycles. The summed E-state index contributed by atoms with van der Waals surface area (Å²) in [5, 5.41) is 0. The molecular weight excluding hydrogens is 450 g/mol. The molecule has 0 aliphatic carbocycles. The van der Waals surface area contributed by atoms with Gasteiger partial charge in [0.2, 0.25) is 11.8 Å². The fraction of sp³-hybridized carbons (Fsp3) is 0.346. The van der Waals surface area contributed by atoms with Crippen molar-refractivity contribution in [3.05, 3.63) is 81.6 Å². The number of hydrogen-bond acceptors (Lipinski definition) is 7. The lowest BCUT2D eigenvalue weighted by Gasteiger charge is -2.36. The first-order valence-corrected chi connectivity index (χ1v) is 11.5. The maximum atomic E-state index is 14.3. The highest BCUT2D eigenvalue weighted by molar-refractivity contribution is 6.18. The van der Waals surface area contributed by atoms with Crippen molar-refractivity contribution in [1.82, 2.24) is 4.57 Å². The van der Waals surface area contributed by atoms with Crippen LogP contribution in [0.4, 0.5) is 5.69 Å². The fourth-order valence-corrected chi connectivity index (χ4v) is 5.47. The van der Waals surface area contributed by atoms with Gasteiger partial charge in [-0.15, -0.1) is 6.58 Å². The monoisotopic (exact) mass is 477 g/mol. The summed E-state index contributed by atoms with van der Waals surface area (Å²) in [4.78, 5) is 43.1. The molecule has 2 unspecified atom stereocenters. The van der Waals surface area contributed by atoms with Gasteiger partial charge in [-0.2, -0.15) is 0 Å². The Hall–Kier alpha value is -3.85. The van der Waals surface area contributed by atoms with E-state index in [9.17, 15) is 14.4 Å². The smallest absolute Gasteiger partial charge is 0.340 e. The Balaban J connectivity index is 1.86. The minimum Gasteiger partial charge on any atom is -0.465 e. The first-order chi connectivity index (χ1) is 16.9. The zero-order valence-corrected chi connectivity index (χ0v) is 19.7. The van der Waals surface area contributed by atoms with Gasteiger partial charge in [0.15, 0.2) is 0 Å². The summed E-state index contributed by atoms with van der Waals surface area (Å²) in [5.41, 5.74) is 5.50. The van der Waals surface area contributed by atoms with Crippen LogP contribution in [-0.4, -0.2) is 42.8 Å². The molecule has 0 saturated carbocycles. The summed E-state index contributed by atoms with van der Waals surface area (Å²) >= 11 is 0. The zero-order chi connectivity index (χ0) is 24.9. The number of methoxy groups -OCH3 is 1. The number of nitrogens with two attached hydrogens (primary N) is 1. The van der Waals surface area contributed by atoms with Gasteiger partial charge in [0.25, 0.3) is 5.56 Å². The van der Waals surface area contributed by atoms with E-state index >= 15 is 0 Å². The quantitative estimate of drug-likeness (QED) is 0.517. The lowest BCUT2D eigenvalue weighted by atomic mass is 9.68. The first-order valence-electron chi connectivity index (χ1n) is 11.5. The van der Waals surface area contributed by atoms with Crippen LogP contribution in [0.3, 0.4) is 0 Å². The maximum Gasteiger partial charge on any atom is 0.340 e. The number of hydrogen-bond donors (Lipinski definition) is 1. The fourth-order valence-electron chi connectivity index (χ4n) is 5.47. The van der Waals surface area contributed by atoms with Gasteiger partial charge in [-0.25, -0.2) is 4.79 Å². The van der Waals surface area contributed by atoms with Gasteiger partial charge in [-0.05, 0) is 25.8 Å². The van der Waals surface area contributed by atoms with Crippen molar-refractivity contribution >= 4 is 17.6 Å². The zero-order valence-electron chi connectivity index (χ0n) is 19.7. The van der Waals surface area contributed by atoms with Crippen molar-refractivity contribution in [2.24, 2.45) is 5.73 Å². The summed E-state index contributed by atoms with van der Waals surface area (Å²) in [7, 11) is 1.20. The molecule has 1 aromatic carbocycles. The standard InChI is InChI=1S/C26H27N3O6/c1-4-11-28-18-10-6-5-9-17(18)26(25(28)32)20-19(35-22(27)21(26)24(31)33-3)13-15(2)29(23(20)30)14-16-8-7-12-34-16/h4-6,9-10,13,16H,1,7-8,11-12,14,27H2,2-3H3. The van der Waals surface area contributed by atoms with Crippen LogP contribution in [0.2, 0.25) is 0 Å². The highest BCUT2D eigenvalue weighted by Crippen LogP contribution is 2.54. The largest absolute Gasteiger partial charge is 0.465 e. The number of rotatable bonds is 5. The minimum absolute atomic E-state index is 0.0414. The molecule has 2 atom stereocenters. The molecule has 1 spiro atoms. The summed E-state index contributed by atoms with van der Waals surface area (Å²) in [5.74, 6) is -1.47. The molecule has 5 rings (SSSR count). The number of anilines is 1. The minimum atomic E-state index is -1.83. The lowest BCUT2D eigenvalue weighted by Crippen LogP contribution is -2.52. The third kappa shape index (κ3) is 3.15. The van der Waals surface area contributed by atoms with Crippen LogP contribution in [0, 0.1) is 6.92 Å². The van der Waals surface area contributed by atoms with Crippen LogP contribution < -0.4 is 20.9 Å². The molecular formula is C26H27N3O6. The number of amides is 1. The highest BCUT2D eigenvalue weighted by Gasteiger charge is 2.62. The van der Waals surface area contributed by atoms with Crippen molar-refractivity contribution < 1.29 is 23.8 Å². The second kappa shape index (κ2) is 8.42. The number of para-hydroxylation sites is 1. The van der Waals surface area contributed by atoms with Crippen LogP contribution >= 0.6 is 0 Å². The molecule has 3 aliphatic rings. The molecule has 9 nitrogen and oxygen atoms in total. The van der Waals surface area contributed by atoms with Crippen LogP contribution in [0.15, 0.2) is 59.2 Å². The number of carbonyl (C=O) groups excluding carboxylic acids is 2. The molecule has 1 aromatic heterocycles. The summed E-state index contributed by atoms with van der Waals surface area (Å²) in [6.07, 6.45) is 3.23. The third-order valence-electron chi connectivity index (χ3n) is 6.96. The van der Waals surface area contributed by atoms with Gasteiger partial charge in [-0.3, -0.25) is 9.59 Å². The van der Waals surface area contributed by atoms with Gasteiger partial charge in [-0.1, -0.05) is 24.3 Å². The Kier molecular flexibility index (Phi) is 5.52. The predicted molar refractivity (Wildman–Crippen MR) is 128 cm³/mol. The molecule has 0 bridgehead atoms. The molecule has 4 heterocycles. The average Bonchev–Trinajstić information content (AvgIpc) is 3.43. The van der Waals surface area contributed by atoms with Gasteiger partial charge in [0, 0.05) is 36.2 Å². The number of aromatic nitrogens is 1. The number of pyridine rings is 1. The molecule has 1 amide bonds. The molecule has 2 aromatic rings. The van der Waals surface area contributed by atoms with E-state index in [1.54, 1.807) is 47.9 Å². The Morgan fingerprint density at radius 2 is 2.11 bits per heavy atom. The predicted octanol–water partition coefficient (Wildman–Crippen LogP) is 1.89. The lowest BCUT2D eigenvalue weighted by molar-refractivity contribution is -0.138. The molecule has 3 aliphatic heterocycles. The Bertz CT molecular complexity index is 1340. The van der Waals surface area contributed by atoms with Crippen LogP contribution in [0.1, 0.15) is 29.7 Å². The summed E-state index contributed by atoms with van der Waals surface area (Å²) in [6.45, 7) is 6.71. The number of esters is 1. The van der Waals surface area contributed by atoms with E-state index in [4.69, 9.17) is 19.9 Å². The van der Waals surface area contributed by atoms with E-state index in [2.05, 4.69) is 6.58 Å². The van der Waals surface area contributed by atoms with Crippen LogP contribution in [0.5, 0.6) is 5.75 Å². The second-order valence-corrected chi connectivity index (χ2v) is 8.88. The van der Waals surface area contributed by atoms with E-state index < -0.39 is 22.9 Å². The molecule has 2 N–H and O–H groups in total. The van der Waals surface area contributed by atoms with E-state index in [1.807, 2.05) is 0 Å². The summed E-state index contributed by atoms with van der Waals surface area (Å²) < 4.78 is 18.2. The summed E-state index contributed by atoms with van der Waals surface area (Å²) in [6, 6.07) is 8.72. The highest BCUT2D eigenvalue weighted by atomic mass is 16.5. The van der Waals surface area contributed by atoms with Gasteiger partial charge < -0.3 is 29.4 Å². The number of nitrogens with zero attached hydrogens (tertiary/aromatic N) is 2. The van der Waals surface area contributed by atoms with Crippen LogP contribution in [-0.2, 0) is 31.0 Å². The average molecular weight is 478 g/mol. The number of benzene rings is 1. The van der Waals surface area contributed by atoms with Crippen molar-refractivity contribution in [3.63, 3.8) is 0 Å². The maximum absolute atomic E-state index is 14.3. The van der Waals surface area contributed by atoms with E-state index in [-0.39, 0.29) is 35.4 Å². The van der Waals surface area contributed by atoms with E-state index in [0.29, 0.717) is 30.1 Å².